The predicted molar refractivity (Wildman–Crippen MR) is 302 cm³/mol. The third kappa shape index (κ3) is 16.5. The van der Waals surface area contributed by atoms with Crippen LogP contribution in [0.5, 0.6) is 0 Å². The van der Waals surface area contributed by atoms with Crippen molar-refractivity contribution in [2.45, 2.75) is 155 Å². The van der Waals surface area contributed by atoms with E-state index in [0.29, 0.717) is 36.3 Å². The van der Waals surface area contributed by atoms with Gasteiger partial charge >= 0.3 is 0 Å². The molecule has 3 aliphatic carbocycles. The first kappa shape index (κ1) is 66.8. The number of nitrogens with zero attached hydrogens (tertiary/aromatic N) is 3. The summed E-state index contributed by atoms with van der Waals surface area (Å²) in [7, 11) is -6.99. The number of halogens is 6. The third-order valence-electron chi connectivity index (χ3n) is 15.2. The molecule has 3 saturated heterocycles. The number of amides is 3. The zero-order chi connectivity index (χ0) is 54.6. The molecule has 6 N–H and O–H groups in total. The topological polar surface area (TPSA) is 236 Å². The van der Waals surface area contributed by atoms with Crippen LogP contribution in [-0.4, -0.2) is 113 Å². The zero-order valence-corrected chi connectivity index (χ0v) is 46.2. The van der Waals surface area contributed by atoms with Gasteiger partial charge in [-0.25, -0.2) is 13.2 Å². The van der Waals surface area contributed by atoms with Crippen molar-refractivity contribution in [1.82, 2.24) is 27.1 Å². The van der Waals surface area contributed by atoms with Crippen molar-refractivity contribution >= 4 is 100 Å². The Labute approximate surface area is 474 Å². The minimum Gasteiger partial charge on any atom is -0.325 e. The van der Waals surface area contributed by atoms with E-state index in [1.807, 2.05) is 0 Å². The van der Waals surface area contributed by atoms with E-state index in [-0.39, 0.29) is 73.2 Å². The number of rotatable bonds is 9. The van der Waals surface area contributed by atoms with Crippen molar-refractivity contribution < 1.29 is 52.8 Å². The zero-order valence-electron chi connectivity index (χ0n) is 41.5. The largest absolute Gasteiger partial charge is 0.325 e. The Morgan fingerprint density at radius 1 is 0.449 bits per heavy atom. The first-order valence-corrected chi connectivity index (χ1v) is 30.3. The lowest BCUT2D eigenvalue weighted by molar-refractivity contribution is -0.121. The summed E-state index contributed by atoms with van der Waals surface area (Å²) in [6, 6.07) is 8.38. The second-order valence-electron chi connectivity index (χ2n) is 20.0. The quantitative estimate of drug-likeness (QED) is 0.120. The molecule has 9 rings (SSSR count). The molecule has 3 amide bonds. The summed E-state index contributed by atoms with van der Waals surface area (Å²) in [5, 5.41) is 7.59. The number of nitrogens with one attached hydrogen (secondary N) is 6. The van der Waals surface area contributed by atoms with Gasteiger partial charge in [-0.15, -0.1) is 0 Å². The highest BCUT2D eigenvalue weighted by molar-refractivity contribution is 7.87. The summed E-state index contributed by atoms with van der Waals surface area (Å²) in [6.45, 7) is 0. The van der Waals surface area contributed by atoms with Crippen molar-refractivity contribution in [3.8, 4) is 0 Å². The Morgan fingerprint density at radius 3 is 0.872 bits per heavy atom. The van der Waals surface area contributed by atoms with E-state index in [9.17, 15) is 52.8 Å². The van der Waals surface area contributed by atoms with Crippen LogP contribution in [0.4, 0.5) is 30.2 Å². The van der Waals surface area contributed by atoms with Gasteiger partial charge in [0.25, 0.3) is 30.6 Å². The summed E-state index contributed by atoms with van der Waals surface area (Å²) in [5.41, 5.74) is 0.995. The van der Waals surface area contributed by atoms with E-state index < -0.39 is 83.9 Å². The van der Waals surface area contributed by atoms with Crippen molar-refractivity contribution in [3.05, 3.63) is 87.1 Å². The predicted octanol–water partition coefficient (Wildman–Crippen LogP) is 9.45. The van der Waals surface area contributed by atoms with E-state index in [4.69, 9.17) is 34.8 Å². The van der Waals surface area contributed by atoms with Gasteiger partial charge in [-0.3, -0.25) is 14.4 Å². The number of benzene rings is 3. The third-order valence-corrected chi connectivity index (χ3v) is 20.9. The molecule has 18 nitrogen and oxygen atoms in total. The standard InChI is InChI=1S/3C16H21ClFN3O3S.3CH4/c3*1-21-15(16(22)19-11-6-7-13(18)12(17)8-11)9-14(20-25(21,23)24)10-4-2-3-5-10;;;/h3*6-8,10,14-15,20H,2-5,9H2,1H3,(H,19,22);3*1H4/t2*14-,15+;;;;/m10..../s1. The molecule has 3 aromatic rings. The minimum atomic E-state index is -3.71. The summed E-state index contributed by atoms with van der Waals surface area (Å²) < 4.78 is 125. The van der Waals surface area contributed by atoms with Gasteiger partial charge in [0.05, 0.1) is 15.1 Å². The SMILES string of the molecule is C.C.C.CN1C(C(=O)Nc2ccc(F)c(Cl)c2)CC(C2CCCC2)NS1(=O)=O.CN1[C@@H](C(=O)Nc2ccc(F)c(Cl)c2)C[C@@H](C2CCCC2)NS1(=O)=O.CN1[C@H](C(=O)Nc2ccc(F)c(Cl)c2)C[C@H](C2CCCC2)NS1(=O)=O. The number of hydrogen-bond acceptors (Lipinski definition) is 9. The molecular formula is C51H75Cl3F3N9O9S3. The molecule has 0 aromatic heterocycles. The lowest BCUT2D eigenvalue weighted by Crippen LogP contribution is -2.60. The fraction of sp³-hybridized carbons (Fsp3) is 0.588. The fourth-order valence-electron chi connectivity index (χ4n) is 10.8. The molecule has 3 aromatic carbocycles. The number of anilines is 3. The van der Waals surface area contributed by atoms with Crippen molar-refractivity contribution in [3.63, 3.8) is 0 Å². The molecule has 6 fully saturated rings. The Balaban J connectivity index is 0.000000248. The second kappa shape index (κ2) is 28.4. The first-order chi connectivity index (χ1) is 35.3. The molecule has 0 spiro atoms. The average Bonchev–Trinajstić information content (AvgIpc) is 4.23. The molecule has 0 radical (unpaired) electrons. The van der Waals surface area contributed by atoms with Gasteiger partial charge in [0, 0.05) is 56.3 Å². The van der Waals surface area contributed by atoms with E-state index in [2.05, 4.69) is 30.1 Å². The summed E-state index contributed by atoms with van der Waals surface area (Å²) in [5.74, 6) is -2.29. The van der Waals surface area contributed by atoms with Crippen molar-refractivity contribution in [2.24, 2.45) is 17.8 Å². The van der Waals surface area contributed by atoms with Gasteiger partial charge in [0.2, 0.25) is 17.7 Å². The highest BCUT2D eigenvalue weighted by Gasteiger charge is 2.46. The lowest BCUT2D eigenvalue weighted by atomic mass is 9.92. The smallest absolute Gasteiger partial charge is 0.280 e. The summed E-state index contributed by atoms with van der Waals surface area (Å²) in [6.07, 6.45) is 13.6. The Kier molecular flexibility index (Phi) is 24.3. The fourth-order valence-corrected chi connectivity index (χ4v) is 15.4. The maximum absolute atomic E-state index is 13.2. The Bertz CT molecular complexity index is 2610. The number of carbonyl (C=O) groups is 3. The molecule has 78 heavy (non-hydrogen) atoms. The highest BCUT2D eigenvalue weighted by Crippen LogP contribution is 2.36. The first-order valence-electron chi connectivity index (χ1n) is 24.9. The number of hydrogen-bond donors (Lipinski definition) is 6. The van der Waals surface area contributed by atoms with Crippen LogP contribution in [0.15, 0.2) is 54.6 Å². The summed E-state index contributed by atoms with van der Waals surface area (Å²) >= 11 is 17.2. The molecule has 438 valence electrons. The summed E-state index contributed by atoms with van der Waals surface area (Å²) in [4.78, 5) is 37.9. The molecule has 27 heteroatoms. The Hall–Kier alpha value is -3.66. The molecular weight excluding hydrogens is 1140 g/mol. The van der Waals surface area contributed by atoms with Crippen molar-refractivity contribution in [2.75, 3.05) is 37.1 Å². The molecule has 3 saturated carbocycles. The molecule has 3 heterocycles. The minimum absolute atomic E-state index is 0. The van der Waals surface area contributed by atoms with Gasteiger partial charge < -0.3 is 16.0 Å². The normalized spacial score (nSPS) is 26.3. The van der Waals surface area contributed by atoms with Crippen LogP contribution in [0.25, 0.3) is 0 Å². The Morgan fingerprint density at radius 2 is 0.667 bits per heavy atom. The lowest BCUT2D eigenvalue weighted by Gasteiger charge is -2.38. The van der Waals surface area contributed by atoms with Crippen LogP contribution in [0.2, 0.25) is 15.1 Å². The maximum Gasteiger partial charge on any atom is 0.280 e. The van der Waals surface area contributed by atoms with Gasteiger partial charge in [-0.05, 0) is 130 Å². The molecule has 0 bridgehead atoms. The van der Waals surface area contributed by atoms with Gasteiger partial charge in [0.1, 0.15) is 35.6 Å². The maximum atomic E-state index is 13.2. The van der Waals surface area contributed by atoms with Crippen LogP contribution in [0.3, 0.4) is 0 Å². The van der Waals surface area contributed by atoms with Crippen molar-refractivity contribution in [1.29, 1.82) is 0 Å². The number of carbonyl (C=O) groups excluding carboxylic acids is 3. The second-order valence-corrected chi connectivity index (χ2v) is 26.5. The molecule has 6 aliphatic rings. The van der Waals surface area contributed by atoms with Gasteiger partial charge in [-0.1, -0.05) is 95.6 Å². The van der Waals surface area contributed by atoms with Gasteiger partial charge in [0.15, 0.2) is 0 Å². The van der Waals surface area contributed by atoms with Crippen LogP contribution < -0.4 is 30.1 Å². The van der Waals surface area contributed by atoms with Crippen LogP contribution in [0, 0.1) is 35.2 Å². The van der Waals surface area contributed by atoms with Crippen LogP contribution in [0.1, 0.15) is 119 Å². The van der Waals surface area contributed by atoms with E-state index >= 15 is 0 Å². The van der Waals surface area contributed by atoms with Crippen LogP contribution >= 0.6 is 34.8 Å². The van der Waals surface area contributed by atoms with E-state index in [1.54, 1.807) is 0 Å². The van der Waals surface area contributed by atoms with Gasteiger partial charge in [-0.2, -0.15) is 52.3 Å². The number of likely N-dealkylation sites (N-methyl/N-ethyl adjacent to an activating group) is 3. The average molecular weight is 1220 g/mol. The molecule has 6 atom stereocenters. The van der Waals surface area contributed by atoms with E-state index in [1.165, 1.54) is 57.5 Å². The monoisotopic (exact) mass is 1220 g/mol. The highest BCUT2D eigenvalue weighted by atomic mass is 35.5. The molecule has 2 unspecified atom stereocenters. The van der Waals surface area contributed by atoms with Crippen LogP contribution in [-0.2, 0) is 45.0 Å². The molecule has 3 aliphatic heterocycles. The van der Waals surface area contributed by atoms with E-state index in [0.717, 1.165) is 108 Å².